The van der Waals surface area contributed by atoms with Crippen molar-refractivity contribution >= 4 is 11.9 Å². The Labute approximate surface area is 125 Å². The van der Waals surface area contributed by atoms with Crippen molar-refractivity contribution in [2.45, 2.75) is 26.7 Å². The van der Waals surface area contributed by atoms with Gasteiger partial charge >= 0.3 is 11.9 Å². The summed E-state index contributed by atoms with van der Waals surface area (Å²) in [6, 6.07) is 7.44. The zero-order chi connectivity index (χ0) is 15.5. The van der Waals surface area contributed by atoms with Crippen LogP contribution in [0.15, 0.2) is 24.3 Å². The molecule has 0 aromatic heterocycles. The lowest BCUT2D eigenvalue weighted by molar-refractivity contribution is -0.142. The molecule has 0 aliphatic heterocycles. The molecule has 0 aliphatic rings. The van der Waals surface area contributed by atoms with Gasteiger partial charge in [0, 0.05) is 6.54 Å². The molecule has 21 heavy (non-hydrogen) atoms. The molecule has 5 nitrogen and oxygen atoms in total. The third kappa shape index (κ3) is 6.90. The van der Waals surface area contributed by atoms with Crippen molar-refractivity contribution in [2.75, 3.05) is 26.3 Å². The molecule has 0 amide bonds. The highest BCUT2D eigenvalue weighted by Gasteiger charge is 2.07. The number of benzene rings is 1. The number of carbonyl (C=O) groups excluding carboxylic acids is 2. The van der Waals surface area contributed by atoms with Crippen LogP contribution in [0.1, 0.15) is 36.2 Å². The van der Waals surface area contributed by atoms with Crippen LogP contribution in [-0.4, -0.2) is 38.2 Å². The van der Waals surface area contributed by atoms with Gasteiger partial charge in [0.05, 0.1) is 18.7 Å². The lowest BCUT2D eigenvalue weighted by atomic mass is 10.1. The first-order valence-corrected chi connectivity index (χ1v) is 7.29. The van der Waals surface area contributed by atoms with E-state index in [0.717, 1.165) is 12.8 Å². The average molecular weight is 293 g/mol. The highest BCUT2D eigenvalue weighted by atomic mass is 16.5. The summed E-state index contributed by atoms with van der Waals surface area (Å²) < 4.78 is 9.88. The van der Waals surface area contributed by atoms with E-state index in [4.69, 9.17) is 9.47 Å². The number of hydrogen-bond donors (Lipinski definition) is 1. The van der Waals surface area contributed by atoms with Crippen LogP contribution < -0.4 is 5.32 Å². The number of rotatable bonds is 9. The highest BCUT2D eigenvalue weighted by Crippen LogP contribution is 2.07. The molecule has 0 fully saturated rings. The molecule has 1 N–H and O–H groups in total. The quantitative estimate of drug-likeness (QED) is 0.557. The fraction of sp³-hybridized carbons (Fsp3) is 0.500. The minimum absolute atomic E-state index is 0.122. The molecule has 0 saturated heterocycles. The van der Waals surface area contributed by atoms with Gasteiger partial charge < -0.3 is 14.8 Å². The molecule has 1 rings (SSSR count). The first kappa shape index (κ1) is 17.2. The molecular weight excluding hydrogens is 270 g/mol. The van der Waals surface area contributed by atoms with Gasteiger partial charge in [-0.3, -0.25) is 4.79 Å². The number of nitrogens with one attached hydrogen (secondary N) is 1. The van der Waals surface area contributed by atoms with Crippen molar-refractivity contribution in [3.05, 3.63) is 35.4 Å². The molecule has 0 saturated carbocycles. The maximum absolute atomic E-state index is 11.8. The van der Waals surface area contributed by atoms with Gasteiger partial charge in [0.1, 0.15) is 6.61 Å². The molecule has 5 heteroatoms. The van der Waals surface area contributed by atoms with Gasteiger partial charge in [-0.05, 0) is 31.0 Å². The Morgan fingerprint density at radius 3 is 2.43 bits per heavy atom. The van der Waals surface area contributed by atoms with Crippen LogP contribution >= 0.6 is 0 Å². The number of hydrogen-bond acceptors (Lipinski definition) is 5. The van der Waals surface area contributed by atoms with Crippen molar-refractivity contribution in [1.29, 1.82) is 0 Å². The lowest BCUT2D eigenvalue weighted by Gasteiger charge is -2.07. The maximum atomic E-state index is 11.8. The Bertz CT molecular complexity index is 442. The fourth-order valence-electron chi connectivity index (χ4n) is 1.80. The molecule has 1 aromatic rings. The third-order valence-corrected chi connectivity index (χ3v) is 2.81. The minimum atomic E-state index is -0.351. The Kier molecular flexibility index (Phi) is 8.12. The summed E-state index contributed by atoms with van der Waals surface area (Å²) in [6.45, 7) is 4.99. The Morgan fingerprint density at radius 1 is 1.10 bits per heavy atom. The summed E-state index contributed by atoms with van der Waals surface area (Å²) in [5, 5.41) is 2.85. The van der Waals surface area contributed by atoms with Crippen molar-refractivity contribution in [3.8, 4) is 0 Å². The zero-order valence-electron chi connectivity index (χ0n) is 12.7. The van der Waals surface area contributed by atoms with E-state index in [1.54, 1.807) is 19.1 Å². The minimum Gasteiger partial charge on any atom is -0.465 e. The van der Waals surface area contributed by atoms with E-state index in [2.05, 4.69) is 12.2 Å². The van der Waals surface area contributed by atoms with E-state index in [1.807, 2.05) is 12.1 Å². The van der Waals surface area contributed by atoms with Crippen LogP contribution in [0.5, 0.6) is 0 Å². The van der Waals surface area contributed by atoms with E-state index < -0.39 is 0 Å². The summed E-state index contributed by atoms with van der Waals surface area (Å²) in [5.74, 6) is -0.661. The summed E-state index contributed by atoms with van der Waals surface area (Å²) in [4.78, 5) is 22.8. The highest BCUT2D eigenvalue weighted by molar-refractivity contribution is 5.89. The number of esters is 2. The molecule has 0 unspecified atom stereocenters. The molecule has 0 atom stereocenters. The first-order valence-electron chi connectivity index (χ1n) is 7.29. The van der Waals surface area contributed by atoms with E-state index >= 15 is 0 Å². The first-order chi connectivity index (χ1) is 10.2. The van der Waals surface area contributed by atoms with Crippen LogP contribution in [0.25, 0.3) is 0 Å². The predicted octanol–water partition coefficient (Wildman–Crippen LogP) is 1.95. The number of aryl methyl sites for hydroxylation is 1. The molecule has 0 aliphatic carbocycles. The monoisotopic (exact) mass is 293 g/mol. The van der Waals surface area contributed by atoms with Crippen LogP contribution in [0, 0.1) is 0 Å². The molecule has 0 bridgehead atoms. The van der Waals surface area contributed by atoms with Gasteiger partial charge in [-0.15, -0.1) is 0 Å². The Balaban J connectivity index is 2.23. The van der Waals surface area contributed by atoms with Gasteiger partial charge in [0.15, 0.2) is 0 Å². The zero-order valence-corrected chi connectivity index (χ0v) is 12.7. The SMILES string of the molecule is CCCc1ccc(C(=O)OCCNCC(=O)OCC)cc1. The normalized spacial score (nSPS) is 10.2. The van der Waals surface area contributed by atoms with Crippen molar-refractivity contribution in [3.63, 3.8) is 0 Å². The number of carbonyl (C=O) groups is 2. The van der Waals surface area contributed by atoms with Gasteiger partial charge in [-0.25, -0.2) is 4.79 Å². The molecule has 0 radical (unpaired) electrons. The standard InChI is InChI=1S/C16H23NO4/c1-3-5-13-6-8-14(9-7-13)16(19)21-11-10-17-12-15(18)20-4-2/h6-9,17H,3-5,10-12H2,1-2H3. The van der Waals surface area contributed by atoms with E-state index in [9.17, 15) is 9.59 Å². The van der Waals surface area contributed by atoms with Crippen LogP contribution in [0.4, 0.5) is 0 Å². The van der Waals surface area contributed by atoms with Gasteiger partial charge in [0.2, 0.25) is 0 Å². The summed E-state index contributed by atoms with van der Waals surface area (Å²) in [7, 11) is 0. The third-order valence-electron chi connectivity index (χ3n) is 2.81. The van der Waals surface area contributed by atoms with Crippen LogP contribution in [0.2, 0.25) is 0 Å². The maximum Gasteiger partial charge on any atom is 0.338 e. The van der Waals surface area contributed by atoms with Crippen LogP contribution in [-0.2, 0) is 20.7 Å². The topological polar surface area (TPSA) is 64.6 Å². The molecule has 0 spiro atoms. The summed E-state index contributed by atoms with van der Waals surface area (Å²) in [6.07, 6.45) is 2.09. The van der Waals surface area contributed by atoms with Gasteiger partial charge in [-0.1, -0.05) is 25.5 Å². The number of ether oxygens (including phenoxy) is 2. The smallest absolute Gasteiger partial charge is 0.338 e. The average Bonchev–Trinajstić information content (AvgIpc) is 2.48. The lowest BCUT2D eigenvalue weighted by Crippen LogP contribution is -2.28. The van der Waals surface area contributed by atoms with E-state index in [1.165, 1.54) is 5.56 Å². The van der Waals surface area contributed by atoms with Crippen molar-refractivity contribution in [2.24, 2.45) is 0 Å². The Hall–Kier alpha value is -1.88. The second kappa shape index (κ2) is 9.94. The fourth-order valence-corrected chi connectivity index (χ4v) is 1.80. The molecule has 116 valence electrons. The van der Waals surface area contributed by atoms with Crippen molar-refractivity contribution in [1.82, 2.24) is 5.32 Å². The predicted molar refractivity (Wildman–Crippen MR) is 80.2 cm³/mol. The second-order valence-corrected chi connectivity index (χ2v) is 4.56. The van der Waals surface area contributed by atoms with Gasteiger partial charge in [-0.2, -0.15) is 0 Å². The second-order valence-electron chi connectivity index (χ2n) is 4.56. The molecule has 0 heterocycles. The van der Waals surface area contributed by atoms with E-state index in [-0.39, 0.29) is 25.1 Å². The summed E-state index contributed by atoms with van der Waals surface area (Å²) >= 11 is 0. The Morgan fingerprint density at radius 2 is 1.81 bits per heavy atom. The van der Waals surface area contributed by atoms with Crippen molar-refractivity contribution < 1.29 is 19.1 Å². The molecule has 1 aromatic carbocycles. The molecular formula is C16H23NO4. The van der Waals surface area contributed by atoms with Gasteiger partial charge in [0.25, 0.3) is 0 Å². The van der Waals surface area contributed by atoms with E-state index in [0.29, 0.717) is 18.7 Å². The summed E-state index contributed by atoms with van der Waals surface area (Å²) in [5.41, 5.74) is 1.75. The van der Waals surface area contributed by atoms with Crippen LogP contribution in [0.3, 0.4) is 0 Å². The largest absolute Gasteiger partial charge is 0.465 e.